The van der Waals surface area contributed by atoms with Gasteiger partial charge in [-0.3, -0.25) is 0 Å². The third-order valence-electron chi connectivity index (χ3n) is 9.13. The number of hydrogen-bond acceptors (Lipinski definition) is 1. The van der Waals surface area contributed by atoms with Gasteiger partial charge < -0.3 is 4.42 Å². The smallest absolute Gasteiger partial charge is 0.143 e. The third-order valence-corrected chi connectivity index (χ3v) is 9.13. The van der Waals surface area contributed by atoms with Gasteiger partial charge in [-0.05, 0) is 108 Å². The Balaban J connectivity index is 1.39. The molecule has 0 saturated carbocycles. The summed E-state index contributed by atoms with van der Waals surface area (Å²) >= 11 is 0. The molecule has 0 amide bonds. The second-order valence-corrected chi connectivity index (χ2v) is 11.6. The molecule has 1 aliphatic rings. The zero-order chi connectivity index (χ0) is 43.1. The molecule has 0 spiro atoms. The fourth-order valence-electron chi connectivity index (χ4n) is 7.17. The van der Waals surface area contributed by atoms with Crippen molar-refractivity contribution >= 4 is 60.3 Å². The summed E-state index contributed by atoms with van der Waals surface area (Å²) in [6, 6.07) is 12.7. The number of allylic oxidation sites excluding steroid dienone is 1. The van der Waals surface area contributed by atoms with Crippen LogP contribution in [0, 0.1) is 0 Å². The summed E-state index contributed by atoms with van der Waals surface area (Å²) in [6.45, 7) is 0. The predicted molar refractivity (Wildman–Crippen MR) is 200 cm³/mol. The van der Waals surface area contributed by atoms with Crippen LogP contribution in [0.4, 0.5) is 0 Å². The lowest BCUT2D eigenvalue weighted by Gasteiger charge is -2.25. The topological polar surface area (TPSA) is 13.1 Å². The lowest BCUT2D eigenvalue weighted by Crippen LogP contribution is -2.03. The van der Waals surface area contributed by atoms with Crippen LogP contribution in [-0.2, 0) is 6.42 Å². The Bertz CT molecular complexity index is 3500. The summed E-state index contributed by atoms with van der Waals surface area (Å²) in [7, 11) is 0. The summed E-state index contributed by atoms with van der Waals surface area (Å²) in [4.78, 5) is 0. The first kappa shape index (κ1) is 16.1. The van der Waals surface area contributed by atoms with E-state index in [1.54, 1.807) is 0 Å². The Morgan fingerprint density at radius 1 is 0.553 bits per heavy atom. The molecule has 220 valence electrons. The molecule has 0 aliphatic heterocycles. The second kappa shape index (κ2) is 10.3. The monoisotopic (exact) mass is 612 g/mol. The molecule has 1 aliphatic carbocycles. The molecule has 8 aromatic carbocycles. The first-order valence-electron chi connectivity index (χ1n) is 22.4. The van der Waals surface area contributed by atoms with E-state index in [1.165, 1.54) is 0 Å². The minimum atomic E-state index is -0.568. The summed E-state index contributed by atoms with van der Waals surface area (Å²) in [6.07, 6.45) is 5.12. The molecule has 47 heavy (non-hydrogen) atoms. The van der Waals surface area contributed by atoms with Crippen LogP contribution in [0.15, 0.2) is 156 Å². The van der Waals surface area contributed by atoms with E-state index in [0.29, 0.717) is 34.9 Å². The lowest BCUT2D eigenvalue weighted by molar-refractivity contribution is 0.673. The highest BCUT2D eigenvalue weighted by atomic mass is 16.3. The van der Waals surface area contributed by atoms with E-state index in [1.807, 2.05) is 72.8 Å². The first-order valence-corrected chi connectivity index (χ1v) is 15.4. The zero-order valence-electron chi connectivity index (χ0n) is 38.8. The Labute approximate surface area is 292 Å². The van der Waals surface area contributed by atoms with Gasteiger partial charge in [0, 0.05) is 16.2 Å². The van der Waals surface area contributed by atoms with Gasteiger partial charge in [0.25, 0.3) is 0 Å². The van der Waals surface area contributed by atoms with Gasteiger partial charge >= 0.3 is 0 Å². The summed E-state index contributed by atoms with van der Waals surface area (Å²) in [5.41, 5.74) is 4.03. The quantitative estimate of drug-likeness (QED) is 0.193. The summed E-state index contributed by atoms with van der Waals surface area (Å²) < 4.78 is 129. The van der Waals surface area contributed by atoms with Gasteiger partial charge in [-0.25, -0.2) is 0 Å². The average Bonchev–Trinajstić information content (AvgIpc) is 3.66. The van der Waals surface area contributed by atoms with Crippen molar-refractivity contribution in [2.24, 2.45) is 0 Å². The van der Waals surface area contributed by atoms with Crippen molar-refractivity contribution in [3.05, 3.63) is 162 Å². The minimum Gasteiger partial charge on any atom is -0.455 e. The largest absolute Gasteiger partial charge is 0.455 e. The van der Waals surface area contributed by atoms with E-state index in [2.05, 4.69) is 0 Å². The third kappa shape index (κ3) is 3.96. The molecular weight excluding hydrogens is 569 g/mol. The normalized spacial score (nSPS) is 17.0. The standard InChI is InChI=1S/C46H30O/c1-2-13-29(14-3-1)32-27-31-16-5-6-17-33(31)41(28-32)44-37-21-10-8-19-35(37)43(36-20-9-11-22-38(36)44)39-23-12-24-42-45(39)40-26-25-30-15-4-7-18-34(30)46(40)47-42/h1-10,12-21,23-28H,11,22H2/i1D,2D,3D,4D,7D,12D,13D,14D,15D,18D,23D,24D,25D,26D. The van der Waals surface area contributed by atoms with Crippen LogP contribution in [0.1, 0.15) is 36.7 Å². The molecule has 1 nitrogen and oxygen atoms in total. The second-order valence-electron chi connectivity index (χ2n) is 11.6. The van der Waals surface area contributed by atoms with Crippen LogP contribution in [0.2, 0.25) is 0 Å². The summed E-state index contributed by atoms with van der Waals surface area (Å²) in [5, 5.41) is 2.78. The van der Waals surface area contributed by atoms with E-state index in [4.69, 9.17) is 20.9 Å². The Morgan fingerprint density at radius 2 is 1.34 bits per heavy atom. The highest BCUT2D eigenvalue weighted by Crippen LogP contribution is 2.49. The van der Waals surface area contributed by atoms with E-state index in [0.717, 1.165) is 32.8 Å². The molecule has 0 radical (unpaired) electrons. The molecule has 0 unspecified atom stereocenters. The maximum atomic E-state index is 9.54. The van der Waals surface area contributed by atoms with Crippen molar-refractivity contribution in [2.75, 3.05) is 0 Å². The number of furan rings is 1. The van der Waals surface area contributed by atoms with Crippen LogP contribution in [0.3, 0.4) is 0 Å². The van der Waals surface area contributed by atoms with Gasteiger partial charge in [-0.1, -0.05) is 133 Å². The number of hydrogen-bond donors (Lipinski definition) is 0. The van der Waals surface area contributed by atoms with Crippen molar-refractivity contribution < 1.29 is 23.6 Å². The molecule has 0 atom stereocenters. The molecule has 0 N–H and O–H groups in total. The van der Waals surface area contributed by atoms with Gasteiger partial charge in [-0.2, -0.15) is 0 Å². The van der Waals surface area contributed by atoms with Gasteiger partial charge in [0.15, 0.2) is 0 Å². The Kier molecular flexibility index (Phi) is 3.52. The van der Waals surface area contributed by atoms with Gasteiger partial charge in [-0.15, -0.1) is 0 Å². The SMILES string of the molecule is [2H]c1c([2H])c([2H])c(-c2cc(-c3c4c(c(-c5c([2H])c([2H])c([2H])c6oc7c8c([2H])c([2H])c([2H])c([2H])c8c([2H])c([2H])c7c56)c5ccccc35)C=CCC4)c3ccccc3c2)c([2H])c1[2H]. The van der Waals surface area contributed by atoms with Crippen LogP contribution in [0.25, 0.3) is 93.7 Å². The van der Waals surface area contributed by atoms with Gasteiger partial charge in [0.2, 0.25) is 0 Å². The van der Waals surface area contributed by atoms with Crippen LogP contribution in [-0.4, -0.2) is 0 Å². The molecule has 1 aromatic heterocycles. The molecule has 10 rings (SSSR count). The van der Waals surface area contributed by atoms with Crippen molar-refractivity contribution in [1.29, 1.82) is 0 Å². The van der Waals surface area contributed by atoms with Crippen molar-refractivity contribution in [3.63, 3.8) is 0 Å². The highest BCUT2D eigenvalue weighted by Gasteiger charge is 2.25. The van der Waals surface area contributed by atoms with E-state index in [-0.39, 0.29) is 62.0 Å². The molecule has 0 fully saturated rings. The van der Waals surface area contributed by atoms with Gasteiger partial charge in [0.05, 0.1) is 19.2 Å². The highest BCUT2D eigenvalue weighted by molar-refractivity contribution is 6.23. The molecule has 9 aromatic rings. The molecular formula is C46H30O. The maximum absolute atomic E-state index is 9.54. The van der Waals surface area contributed by atoms with Crippen molar-refractivity contribution in [2.45, 2.75) is 12.8 Å². The van der Waals surface area contributed by atoms with E-state index >= 15 is 0 Å². The van der Waals surface area contributed by atoms with Gasteiger partial charge in [0.1, 0.15) is 11.2 Å². The van der Waals surface area contributed by atoms with Crippen LogP contribution < -0.4 is 0 Å². The lowest BCUT2D eigenvalue weighted by atomic mass is 9.78. The molecule has 0 bridgehead atoms. The fraction of sp³-hybridized carbons (Fsp3) is 0.0435. The molecule has 1 heterocycles. The first-order chi connectivity index (χ1) is 29.1. The zero-order valence-corrected chi connectivity index (χ0v) is 24.8. The van der Waals surface area contributed by atoms with Crippen molar-refractivity contribution in [3.8, 4) is 33.4 Å². The Morgan fingerprint density at radius 3 is 2.23 bits per heavy atom. The van der Waals surface area contributed by atoms with E-state index in [9.17, 15) is 2.74 Å². The number of benzene rings is 8. The number of rotatable bonds is 3. The number of fused-ring (bicyclic) bond motifs is 8. The van der Waals surface area contributed by atoms with Crippen LogP contribution in [0.5, 0.6) is 0 Å². The maximum Gasteiger partial charge on any atom is 0.143 e. The minimum absolute atomic E-state index is 0.00598. The molecule has 1 heteroatoms. The van der Waals surface area contributed by atoms with Crippen LogP contribution >= 0.6 is 0 Å². The average molecular weight is 613 g/mol. The Hall–Kier alpha value is -5.92. The predicted octanol–water partition coefficient (Wildman–Crippen LogP) is 13.0. The van der Waals surface area contributed by atoms with Crippen molar-refractivity contribution in [1.82, 2.24) is 0 Å². The van der Waals surface area contributed by atoms with E-state index < -0.39 is 66.5 Å². The summed E-state index contributed by atoms with van der Waals surface area (Å²) in [5.74, 6) is 0. The fourth-order valence-corrected chi connectivity index (χ4v) is 7.17. The molecule has 0 saturated heterocycles.